The van der Waals surface area contributed by atoms with Gasteiger partial charge in [0.15, 0.2) is 0 Å². The second-order valence-corrected chi connectivity index (χ2v) is 5.39. The highest BCUT2D eigenvalue weighted by Gasteiger charge is 2.28. The number of likely N-dealkylation sites (tertiary alicyclic amines) is 1. The van der Waals surface area contributed by atoms with Crippen molar-refractivity contribution in [2.75, 3.05) is 19.6 Å². The van der Waals surface area contributed by atoms with Crippen LogP contribution < -0.4 is 5.73 Å². The predicted molar refractivity (Wildman–Crippen MR) is 72.7 cm³/mol. The Labute approximate surface area is 113 Å². The first-order valence-electron chi connectivity index (χ1n) is 7.04. The standard InChI is InChI=1S/C15H22F2N2/c1-2-3-11-4-5-19(10-11)15(9-18)12-6-13(16)8-14(17)7-12/h6-8,11,15H,2-5,9-10,18H2,1H3. The summed E-state index contributed by atoms with van der Waals surface area (Å²) >= 11 is 0. The Morgan fingerprint density at radius 2 is 2.00 bits per heavy atom. The van der Waals surface area contributed by atoms with Crippen LogP contribution in [0.5, 0.6) is 0 Å². The Hall–Kier alpha value is -1.00. The molecule has 1 saturated heterocycles. The SMILES string of the molecule is CCCC1CCN(C(CN)c2cc(F)cc(F)c2)C1. The van der Waals surface area contributed by atoms with Crippen LogP contribution in [0.3, 0.4) is 0 Å². The van der Waals surface area contributed by atoms with Gasteiger partial charge in [0, 0.05) is 25.2 Å². The quantitative estimate of drug-likeness (QED) is 0.889. The molecule has 0 amide bonds. The van der Waals surface area contributed by atoms with Crippen molar-refractivity contribution in [3.63, 3.8) is 0 Å². The molecule has 19 heavy (non-hydrogen) atoms. The summed E-state index contributed by atoms with van der Waals surface area (Å²) in [4.78, 5) is 2.26. The second-order valence-electron chi connectivity index (χ2n) is 5.39. The summed E-state index contributed by atoms with van der Waals surface area (Å²) in [5.41, 5.74) is 6.47. The highest BCUT2D eigenvalue weighted by molar-refractivity contribution is 5.22. The maximum Gasteiger partial charge on any atom is 0.126 e. The first-order valence-corrected chi connectivity index (χ1v) is 7.04. The normalized spacial score (nSPS) is 21.8. The van der Waals surface area contributed by atoms with Crippen LogP contribution in [0.1, 0.15) is 37.8 Å². The molecular formula is C15H22F2N2. The van der Waals surface area contributed by atoms with Gasteiger partial charge in [-0.1, -0.05) is 13.3 Å². The average molecular weight is 268 g/mol. The second kappa shape index (κ2) is 6.44. The molecule has 1 aromatic carbocycles. The number of hydrogen-bond acceptors (Lipinski definition) is 2. The van der Waals surface area contributed by atoms with Gasteiger partial charge in [0.1, 0.15) is 11.6 Å². The Morgan fingerprint density at radius 3 is 2.58 bits per heavy atom. The molecule has 2 atom stereocenters. The van der Waals surface area contributed by atoms with E-state index in [1.807, 2.05) is 0 Å². The van der Waals surface area contributed by atoms with Crippen LogP contribution in [-0.2, 0) is 0 Å². The third-order valence-corrected chi connectivity index (χ3v) is 3.95. The third-order valence-electron chi connectivity index (χ3n) is 3.95. The number of benzene rings is 1. The summed E-state index contributed by atoms with van der Waals surface area (Å²) in [6, 6.07) is 3.62. The summed E-state index contributed by atoms with van der Waals surface area (Å²) in [6.07, 6.45) is 3.55. The van der Waals surface area contributed by atoms with Crippen molar-refractivity contribution in [2.45, 2.75) is 32.2 Å². The van der Waals surface area contributed by atoms with Gasteiger partial charge in [0.25, 0.3) is 0 Å². The Morgan fingerprint density at radius 1 is 1.32 bits per heavy atom. The largest absolute Gasteiger partial charge is 0.329 e. The van der Waals surface area contributed by atoms with Gasteiger partial charge in [-0.2, -0.15) is 0 Å². The highest BCUT2D eigenvalue weighted by atomic mass is 19.1. The van der Waals surface area contributed by atoms with Gasteiger partial charge in [-0.15, -0.1) is 0 Å². The summed E-state index contributed by atoms with van der Waals surface area (Å²) in [7, 11) is 0. The van der Waals surface area contributed by atoms with Gasteiger partial charge < -0.3 is 5.73 Å². The molecule has 1 aliphatic heterocycles. The van der Waals surface area contributed by atoms with E-state index in [9.17, 15) is 8.78 Å². The molecule has 106 valence electrons. The molecular weight excluding hydrogens is 246 g/mol. The van der Waals surface area contributed by atoms with E-state index in [0.29, 0.717) is 18.0 Å². The molecule has 1 aliphatic rings. The molecule has 2 unspecified atom stereocenters. The number of nitrogens with zero attached hydrogens (tertiary/aromatic N) is 1. The van der Waals surface area contributed by atoms with E-state index in [2.05, 4.69) is 11.8 Å². The molecule has 2 N–H and O–H groups in total. The molecule has 2 rings (SSSR count). The summed E-state index contributed by atoms with van der Waals surface area (Å²) in [5.74, 6) is -0.368. The lowest BCUT2D eigenvalue weighted by Gasteiger charge is -2.27. The minimum atomic E-state index is -0.530. The fourth-order valence-electron chi connectivity index (χ4n) is 3.05. The van der Waals surface area contributed by atoms with Crippen LogP contribution in [0.4, 0.5) is 8.78 Å². The van der Waals surface area contributed by atoms with E-state index in [1.165, 1.54) is 25.0 Å². The zero-order valence-electron chi connectivity index (χ0n) is 11.4. The first-order chi connectivity index (χ1) is 9.13. The van der Waals surface area contributed by atoms with E-state index >= 15 is 0 Å². The molecule has 1 aromatic rings. The van der Waals surface area contributed by atoms with Crippen LogP contribution in [0.25, 0.3) is 0 Å². The van der Waals surface area contributed by atoms with Crippen molar-refractivity contribution < 1.29 is 8.78 Å². The maximum atomic E-state index is 13.3. The molecule has 0 bridgehead atoms. The smallest absolute Gasteiger partial charge is 0.126 e. The number of halogens is 2. The Balaban J connectivity index is 2.12. The number of rotatable bonds is 5. The van der Waals surface area contributed by atoms with Crippen molar-refractivity contribution in [1.82, 2.24) is 4.90 Å². The molecule has 0 radical (unpaired) electrons. The van der Waals surface area contributed by atoms with Gasteiger partial charge in [-0.05, 0) is 43.0 Å². The van der Waals surface area contributed by atoms with E-state index in [1.54, 1.807) is 0 Å². The van der Waals surface area contributed by atoms with Gasteiger partial charge >= 0.3 is 0 Å². The van der Waals surface area contributed by atoms with Gasteiger partial charge in [-0.25, -0.2) is 8.78 Å². The van der Waals surface area contributed by atoms with Crippen molar-refractivity contribution >= 4 is 0 Å². The fourth-order valence-corrected chi connectivity index (χ4v) is 3.05. The van der Waals surface area contributed by atoms with Gasteiger partial charge in [0.05, 0.1) is 0 Å². The minimum absolute atomic E-state index is 0.0768. The molecule has 4 heteroatoms. The molecule has 1 fully saturated rings. The van der Waals surface area contributed by atoms with Crippen molar-refractivity contribution in [1.29, 1.82) is 0 Å². The summed E-state index contributed by atoms with van der Waals surface area (Å²) < 4.78 is 26.6. The molecule has 0 saturated carbocycles. The number of nitrogens with two attached hydrogens (primary N) is 1. The van der Waals surface area contributed by atoms with Gasteiger partial charge in [0.2, 0.25) is 0 Å². The predicted octanol–water partition coefficient (Wildman–Crippen LogP) is 3.09. The molecule has 0 spiro atoms. The van der Waals surface area contributed by atoms with E-state index in [0.717, 1.165) is 25.6 Å². The lowest BCUT2D eigenvalue weighted by Crippen LogP contribution is -2.32. The number of hydrogen-bond donors (Lipinski definition) is 1. The average Bonchev–Trinajstić information content (AvgIpc) is 2.78. The van der Waals surface area contributed by atoms with Crippen LogP contribution in [0.2, 0.25) is 0 Å². The van der Waals surface area contributed by atoms with Gasteiger partial charge in [-0.3, -0.25) is 4.90 Å². The van der Waals surface area contributed by atoms with Crippen LogP contribution in [0, 0.1) is 17.6 Å². The fraction of sp³-hybridized carbons (Fsp3) is 0.600. The first kappa shape index (κ1) is 14.4. The van der Waals surface area contributed by atoms with Crippen LogP contribution in [-0.4, -0.2) is 24.5 Å². The molecule has 2 nitrogen and oxygen atoms in total. The summed E-state index contributed by atoms with van der Waals surface area (Å²) in [5, 5.41) is 0. The Bertz CT molecular complexity index is 402. The third kappa shape index (κ3) is 3.51. The topological polar surface area (TPSA) is 29.3 Å². The van der Waals surface area contributed by atoms with Crippen molar-refractivity contribution in [2.24, 2.45) is 11.7 Å². The lowest BCUT2D eigenvalue weighted by molar-refractivity contribution is 0.239. The lowest BCUT2D eigenvalue weighted by atomic mass is 10.0. The van der Waals surface area contributed by atoms with Crippen LogP contribution in [0.15, 0.2) is 18.2 Å². The van der Waals surface area contributed by atoms with E-state index in [4.69, 9.17) is 5.73 Å². The maximum absolute atomic E-state index is 13.3. The zero-order chi connectivity index (χ0) is 13.8. The monoisotopic (exact) mass is 268 g/mol. The molecule has 1 heterocycles. The van der Waals surface area contributed by atoms with Crippen molar-refractivity contribution in [3.8, 4) is 0 Å². The molecule has 0 aromatic heterocycles. The van der Waals surface area contributed by atoms with Crippen LogP contribution >= 0.6 is 0 Å². The zero-order valence-corrected chi connectivity index (χ0v) is 11.4. The van der Waals surface area contributed by atoms with E-state index < -0.39 is 11.6 Å². The minimum Gasteiger partial charge on any atom is -0.329 e. The van der Waals surface area contributed by atoms with Crippen molar-refractivity contribution in [3.05, 3.63) is 35.4 Å². The molecule has 0 aliphatic carbocycles. The highest BCUT2D eigenvalue weighted by Crippen LogP contribution is 2.29. The van der Waals surface area contributed by atoms with E-state index in [-0.39, 0.29) is 6.04 Å². The summed E-state index contributed by atoms with van der Waals surface area (Å²) in [6.45, 7) is 4.52. The Kier molecular flexibility index (Phi) is 4.88.